The largest absolute Gasteiger partial charge is 0.480 e. The molecule has 82 valence electrons. The Balaban J connectivity index is 3.05. The number of alkyl halides is 2. The molecule has 1 atom stereocenters. The lowest BCUT2D eigenvalue weighted by Gasteiger charge is -2.20. The van der Waals surface area contributed by atoms with Crippen molar-refractivity contribution < 1.29 is 18.7 Å². The minimum atomic E-state index is -3.58. The summed E-state index contributed by atoms with van der Waals surface area (Å²) >= 11 is 3.09. The zero-order valence-corrected chi connectivity index (χ0v) is 9.04. The van der Waals surface area contributed by atoms with E-state index < -0.39 is 23.5 Å². The highest BCUT2D eigenvalue weighted by atomic mass is 79.9. The van der Waals surface area contributed by atoms with Crippen LogP contribution in [-0.4, -0.2) is 17.1 Å². The maximum atomic E-state index is 13.4. The van der Waals surface area contributed by atoms with Gasteiger partial charge in [0.05, 0.1) is 0 Å². The lowest BCUT2D eigenvalue weighted by molar-refractivity contribution is -0.149. The van der Waals surface area contributed by atoms with E-state index in [0.29, 0.717) is 4.47 Å². The van der Waals surface area contributed by atoms with Gasteiger partial charge in [0.25, 0.3) is 5.92 Å². The van der Waals surface area contributed by atoms with Crippen LogP contribution in [-0.2, 0) is 10.7 Å². The zero-order chi connectivity index (χ0) is 11.6. The predicted molar refractivity (Wildman–Crippen MR) is 53.6 cm³/mol. The highest BCUT2D eigenvalue weighted by Crippen LogP contribution is 2.31. The van der Waals surface area contributed by atoms with Gasteiger partial charge >= 0.3 is 5.97 Å². The van der Waals surface area contributed by atoms with Crippen LogP contribution >= 0.6 is 15.9 Å². The van der Waals surface area contributed by atoms with Crippen molar-refractivity contribution in [2.24, 2.45) is 5.73 Å². The van der Waals surface area contributed by atoms with Crippen LogP contribution < -0.4 is 5.73 Å². The van der Waals surface area contributed by atoms with E-state index in [4.69, 9.17) is 10.8 Å². The van der Waals surface area contributed by atoms with E-state index in [1.54, 1.807) is 0 Å². The van der Waals surface area contributed by atoms with Crippen molar-refractivity contribution in [3.63, 3.8) is 0 Å². The van der Waals surface area contributed by atoms with Gasteiger partial charge in [0, 0.05) is 10.0 Å². The van der Waals surface area contributed by atoms with Crippen molar-refractivity contribution in [3.05, 3.63) is 34.3 Å². The monoisotopic (exact) mass is 279 g/mol. The molecule has 0 saturated heterocycles. The van der Waals surface area contributed by atoms with Crippen molar-refractivity contribution in [2.75, 3.05) is 0 Å². The van der Waals surface area contributed by atoms with Gasteiger partial charge in [-0.3, -0.25) is 4.79 Å². The minimum absolute atomic E-state index is 0.416. The van der Waals surface area contributed by atoms with Crippen molar-refractivity contribution >= 4 is 21.9 Å². The molecule has 0 aliphatic rings. The number of carboxylic acid groups (broad SMARTS) is 1. The smallest absolute Gasteiger partial charge is 0.327 e. The van der Waals surface area contributed by atoms with Gasteiger partial charge in [-0.2, -0.15) is 8.78 Å². The van der Waals surface area contributed by atoms with E-state index in [9.17, 15) is 13.6 Å². The molecule has 1 rings (SSSR count). The average Bonchev–Trinajstić information content (AvgIpc) is 2.17. The third-order valence-electron chi connectivity index (χ3n) is 1.89. The Morgan fingerprint density at radius 2 is 1.87 bits per heavy atom. The maximum absolute atomic E-state index is 13.4. The normalized spacial score (nSPS) is 13.6. The summed E-state index contributed by atoms with van der Waals surface area (Å²) in [5, 5.41) is 8.42. The molecule has 0 aliphatic heterocycles. The number of benzene rings is 1. The van der Waals surface area contributed by atoms with Crippen LogP contribution in [0.15, 0.2) is 28.7 Å². The number of rotatable bonds is 3. The molecule has 1 aromatic carbocycles. The second-order valence-electron chi connectivity index (χ2n) is 2.95. The molecule has 1 unspecified atom stereocenters. The van der Waals surface area contributed by atoms with Gasteiger partial charge in [-0.25, -0.2) is 0 Å². The summed E-state index contributed by atoms with van der Waals surface area (Å²) in [7, 11) is 0. The van der Waals surface area contributed by atoms with Gasteiger partial charge in [0.1, 0.15) is 0 Å². The van der Waals surface area contributed by atoms with Crippen LogP contribution in [0.2, 0.25) is 0 Å². The van der Waals surface area contributed by atoms with Gasteiger partial charge in [0.2, 0.25) is 0 Å². The Morgan fingerprint density at radius 3 is 2.27 bits per heavy atom. The van der Waals surface area contributed by atoms with Gasteiger partial charge < -0.3 is 10.8 Å². The van der Waals surface area contributed by atoms with Gasteiger partial charge in [0.15, 0.2) is 6.04 Å². The zero-order valence-electron chi connectivity index (χ0n) is 7.45. The van der Waals surface area contributed by atoms with Gasteiger partial charge in [-0.15, -0.1) is 0 Å². The third kappa shape index (κ3) is 2.51. The average molecular weight is 280 g/mol. The van der Waals surface area contributed by atoms with Crippen LogP contribution in [0.3, 0.4) is 0 Å². The number of carboxylic acids is 1. The number of halogens is 3. The van der Waals surface area contributed by atoms with E-state index in [-0.39, 0.29) is 0 Å². The number of hydrogen-bond donors (Lipinski definition) is 2. The maximum Gasteiger partial charge on any atom is 0.327 e. The van der Waals surface area contributed by atoms with Crippen LogP contribution in [0.5, 0.6) is 0 Å². The molecule has 0 radical (unpaired) electrons. The molecule has 0 fully saturated rings. The Hall–Kier alpha value is -1.01. The highest BCUT2D eigenvalue weighted by Gasteiger charge is 2.43. The first-order valence-electron chi connectivity index (χ1n) is 3.98. The fraction of sp³-hybridized carbons (Fsp3) is 0.222. The Kier molecular flexibility index (Phi) is 3.41. The molecule has 3 N–H and O–H groups in total. The molecule has 6 heteroatoms. The van der Waals surface area contributed by atoms with Gasteiger partial charge in [-0.05, 0) is 12.1 Å². The van der Waals surface area contributed by atoms with E-state index in [0.717, 1.165) is 12.1 Å². The first-order valence-corrected chi connectivity index (χ1v) is 4.77. The highest BCUT2D eigenvalue weighted by molar-refractivity contribution is 9.10. The van der Waals surface area contributed by atoms with Crippen molar-refractivity contribution in [2.45, 2.75) is 12.0 Å². The molecule has 0 bridgehead atoms. The Labute approximate surface area is 93.0 Å². The third-order valence-corrected chi connectivity index (χ3v) is 2.41. The number of hydrogen-bond acceptors (Lipinski definition) is 2. The minimum Gasteiger partial charge on any atom is -0.480 e. The number of nitrogens with two attached hydrogens (primary N) is 1. The fourth-order valence-corrected chi connectivity index (χ4v) is 1.27. The lowest BCUT2D eigenvalue weighted by Crippen LogP contribution is -2.45. The molecule has 1 aromatic rings. The van der Waals surface area contributed by atoms with Crippen LogP contribution in [0.1, 0.15) is 5.56 Å². The van der Waals surface area contributed by atoms with E-state index in [1.807, 2.05) is 0 Å². The topological polar surface area (TPSA) is 63.3 Å². The Bertz CT molecular complexity index is 367. The van der Waals surface area contributed by atoms with Crippen molar-refractivity contribution in [3.8, 4) is 0 Å². The number of carbonyl (C=O) groups is 1. The summed E-state index contributed by atoms with van der Waals surface area (Å²) in [6, 6.07) is 2.83. The quantitative estimate of drug-likeness (QED) is 0.889. The molecule has 0 aromatic heterocycles. The van der Waals surface area contributed by atoms with Crippen LogP contribution in [0, 0.1) is 0 Å². The first kappa shape index (κ1) is 12.1. The predicted octanol–water partition coefficient (Wildman–Crippen LogP) is 1.95. The van der Waals surface area contributed by atoms with Crippen LogP contribution in [0.4, 0.5) is 8.78 Å². The second kappa shape index (κ2) is 4.24. The molecule has 0 saturated carbocycles. The van der Waals surface area contributed by atoms with Crippen molar-refractivity contribution in [1.29, 1.82) is 0 Å². The molecule has 0 spiro atoms. The van der Waals surface area contributed by atoms with E-state index >= 15 is 0 Å². The van der Waals surface area contributed by atoms with E-state index in [2.05, 4.69) is 15.9 Å². The summed E-state index contributed by atoms with van der Waals surface area (Å²) in [6.45, 7) is 0. The summed E-state index contributed by atoms with van der Waals surface area (Å²) in [5.74, 6) is -5.31. The summed E-state index contributed by atoms with van der Waals surface area (Å²) in [5.41, 5.74) is 4.49. The molecule has 0 amide bonds. The second-order valence-corrected chi connectivity index (χ2v) is 3.86. The standard InChI is InChI=1S/C9H8BrF2NO2/c10-6-3-1-5(2-4-6)9(11,12)7(13)8(14)15/h1-4,7H,13H2,(H,14,15). The van der Waals surface area contributed by atoms with Gasteiger partial charge in [-0.1, -0.05) is 28.1 Å². The lowest BCUT2D eigenvalue weighted by atomic mass is 10.0. The molecular weight excluding hydrogens is 272 g/mol. The summed E-state index contributed by atoms with van der Waals surface area (Å²) in [6.07, 6.45) is 0. The van der Waals surface area contributed by atoms with E-state index in [1.165, 1.54) is 12.1 Å². The molecule has 0 aliphatic carbocycles. The van der Waals surface area contributed by atoms with Crippen LogP contribution in [0.25, 0.3) is 0 Å². The summed E-state index contributed by atoms with van der Waals surface area (Å²) in [4.78, 5) is 10.4. The first-order chi connectivity index (χ1) is 6.85. The Morgan fingerprint density at radius 1 is 1.40 bits per heavy atom. The molecule has 3 nitrogen and oxygen atoms in total. The molecule has 0 heterocycles. The fourth-order valence-electron chi connectivity index (χ4n) is 1.01. The SMILES string of the molecule is NC(C(=O)O)C(F)(F)c1ccc(Br)cc1. The molecular formula is C9H8BrF2NO2. The number of aliphatic carboxylic acids is 1. The summed E-state index contributed by atoms with van der Waals surface area (Å²) < 4.78 is 27.5. The molecule has 15 heavy (non-hydrogen) atoms. The van der Waals surface area contributed by atoms with Crippen molar-refractivity contribution in [1.82, 2.24) is 0 Å².